The Kier molecular flexibility index (Phi) is 8.18. The third-order valence-corrected chi connectivity index (χ3v) is 4.40. The normalized spacial score (nSPS) is 12.1. The van der Waals surface area contributed by atoms with Crippen molar-refractivity contribution in [3.8, 4) is 0 Å². The predicted octanol–water partition coefficient (Wildman–Crippen LogP) is 2.24. The van der Waals surface area contributed by atoms with Crippen molar-refractivity contribution in [2.24, 2.45) is 0 Å². The van der Waals surface area contributed by atoms with Crippen molar-refractivity contribution in [1.82, 2.24) is 15.6 Å². The average molecular weight is 431 g/mol. The van der Waals surface area contributed by atoms with Crippen LogP contribution in [0.3, 0.4) is 0 Å². The van der Waals surface area contributed by atoms with Gasteiger partial charge in [-0.25, -0.2) is 4.79 Å². The van der Waals surface area contributed by atoms with Crippen molar-refractivity contribution in [2.75, 3.05) is 13.7 Å². The minimum Gasteiger partial charge on any atom is -0.469 e. The zero-order valence-electron chi connectivity index (χ0n) is 18.2. The zero-order chi connectivity index (χ0) is 23.0. The summed E-state index contributed by atoms with van der Waals surface area (Å²) in [6.45, 7) is 4.92. The molecule has 0 aliphatic heterocycles. The molecular weight excluding hydrogens is 402 g/mol. The molecule has 1 aromatic carbocycles. The molecule has 3 N–H and O–H groups in total. The fourth-order valence-corrected chi connectivity index (χ4v) is 2.92. The number of benzene rings is 1. The number of ketones is 1. The van der Waals surface area contributed by atoms with Crippen LogP contribution in [0.4, 0.5) is 4.79 Å². The Hall–Kier alpha value is -3.36. The van der Waals surface area contributed by atoms with Crippen LogP contribution in [-0.2, 0) is 30.3 Å². The maximum atomic E-state index is 12.8. The van der Waals surface area contributed by atoms with Gasteiger partial charge < -0.3 is 25.1 Å². The van der Waals surface area contributed by atoms with E-state index in [-0.39, 0.29) is 31.6 Å². The molecule has 2 amide bonds. The molecule has 2 aromatic rings. The highest BCUT2D eigenvalue weighted by atomic mass is 16.6. The molecule has 1 atom stereocenters. The highest BCUT2D eigenvalue weighted by Gasteiger charge is 2.26. The van der Waals surface area contributed by atoms with Crippen LogP contribution in [0.2, 0.25) is 0 Å². The van der Waals surface area contributed by atoms with Crippen LogP contribution < -0.4 is 10.6 Å². The van der Waals surface area contributed by atoms with E-state index in [4.69, 9.17) is 4.74 Å². The molecule has 9 nitrogen and oxygen atoms in total. The van der Waals surface area contributed by atoms with Crippen molar-refractivity contribution in [3.05, 3.63) is 36.0 Å². The molecule has 1 heterocycles. The molecule has 0 spiro atoms. The van der Waals surface area contributed by atoms with Crippen LogP contribution in [0.15, 0.2) is 30.5 Å². The van der Waals surface area contributed by atoms with Gasteiger partial charge in [0.05, 0.1) is 20.1 Å². The average Bonchev–Trinajstić information content (AvgIpc) is 3.11. The molecule has 31 heavy (non-hydrogen) atoms. The minimum absolute atomic E-state index is 0.0421. The number of esters is 1. The summed E-state index contributed by atoms with van der Waals surface area (Å²) in [6, 6.07) is 6.65. The maximum Gasteiger partial charge on any atom is 0.408 e. The van der Waals surface area contributed by atoms with E-state index in [0.717, 1.165) is 16.5 Å². The van der Waals surface area contributed by atoms with Crippen LogP contribution in [0.25, 0.3) is 10.9 Å². The SMILES string of the molecule is COC(=O)CCC(=O)CNC(=O)[C@H](Cc1c[nH]c2ccccc12)NC(=O)OC(C)(C)C. The standard InChI is InChI=1S/C22H29N3O6/c1-22(2,3)31-21(29)25-18(11-14-12-23-17-8-6-5-7-16(14)17)20(28)24-13-15(26)9-10-19(27)30-4/h5-8,12,18,23H,9-11,13H2,1-4H3,(H,24,28)(H,25,29)/t18-/m0/s1. The van der Waals surface area contributed by atoms with Gasteiger partial charge in [0.15, 0.2) is 5.78 Å². The Labute approximate surface area is 180 Å². The molecule has 1 aromatic heterocycles. The molecule has 0 saturated carbocycles. The zero-order valence-corrected chi connectivity index (χ0v) is 18.2. The largest absolute Gasteiger partial charge is 0.469 e. The topological polar surface area (TPSA) is 127 Å². The van der Waals surface area contributed by atoms with Crippen LogP contribution >= 0.6 is 0 Å². The molecular formula is C22H29N3O6. The number of hydrogen-bond donors (Lipinski definition) is 3. The number of ether oxygens (including phenoxy) is 2. The van der Waals surface area contributed by atoms with E-state index in [9.17, 15) is 19.2 Å². The molecule has 0 fully saturated rings. The van der Waals surface area contributed by atoms with Gasteiger partial charge in [0.1, 0.15) is 11.6 Å². The Bertz CT molecular complexity index is 944. The molecule has 9 heteroatoms. The number of amides is 2. The molecule has 0 unspecified atom stereocenters. The Morgan fingerprint density at radius 1 is 1.10 bits per heavy atom. The summed E-state index contributed by atoms with van der Waals surface area (Å²) < 4.78 is 9.77. The van der Waals surface area contributed by atoms with E-state index >= 15 is 0 Å². The van der Waals surface area contributed by atoms with E-state index in [1.54, 1.807) is 27.0 Å². The number of rotatable bonds is 9. The second-order valence-corrected chi connectivity index (χ2v) is 8.10. The van der Waals surface area contributed by atoms with Gasteiger partial charge in [0.25, 0.3) is 0 Å². The second kappa shape index (κ2) is 10.6. The van der Waals surface area contributed by atoms with Gasteiger partial charge in [0.2, 0.25) is 5.91 Å². The number of hydrogen-bond acceptors (Lipinski definition) is 6. The minimum atomic E-state index is -0.956. The number of carbonyl (C=O) groups is 4. The lowest BCUT2D eigenvalue weighted by atomic mass is 10.0. The van der Waals surface area contributed by atoms with Crippen molar-refractivity contribution < 1.29 is 28.7 Å². The molecule has 0 bridgehead atoms. The smallest absolute Gasteiger partial charge is 0.408 e. The molecule has 0 aliphatic carbocycles. The summed E-state index contributed by atoms with van der Waals surface area (Å²) >= 11 is 0. The maximum absolute atomic E-state index is 12.8. The quantitative estimate of drug-likeness (QED) is 0.523. The number of fused-ring (bicyclic) bond motifs is 1. The summed E-state index contributed by atoms with van der Waals surface area (Å²) in [5.74, 6) is -1.34. The number of alkyl carbamates (subject to hydrolysis) is 1. The molecule has 168 valence electrons. The summed E-state index contributed by atoms with van der Waals surface area (Å²) in [5, 5.41) is 6.05. The second-order valence-electron chi connectivity index (χ2n) is 8.10. The fourth-order valence-electron chi connectivity index (χ4n) is 2.92. The third-order valence-electron chi connectivity index (χ3n) is 4.40. The van der Waals surface area contributed by atoms with E-state index in [0.29, 0.717) is 0 Å². The van der Waals surface area contributed by atoms with E-state index in [2.05, 4.69) is 20.4 Å². The number of Topliss-reactive ketones (excluding diaryl/α,β-unsaturated/α-hetero) is 1. The molecule has 0 saturated heterocycles. The fraction of sp³-hybridized carbons (Fsp3) is 0.455. The number of aromatic amines is 1. The van der Waals surface area contributed by atoms with Crippen molar-refractivity contribution in [2.45, 2.75) is 51.7 Å². The van der Waals surface area contributed by atoms with Crippen molar-refractivity contribution in [3.63, 3.8) is 0 Å². The molecule has 2 rings (SSSR count). The first-order valence-electron chi connectivity index (χ1n) is 10.00. The number of aromatic nitrogens is 1. The van der Waals surface area contributed by atoms with Crippen LogP contribution in [-0.4, -0.2) is 54.0 Å². The number of methoxy groups -OCH3 is 1. The number of carbonyl (C=O) groups excluding carboxylic acids is 4. The van der Waals surface area contributed by atoms with Crippen molar-refractivity contribution in [1.29, 1.82) is 0 Å². The molecule has 0 aliphatic rings. The number of H-pyrrole nitrogens is 1. The van der Waals surface area contributed by atoms with Crippen LogP contribution in [0.5, 0.6) is 0 Å². The number of para-hydroxylation sites is 1. The predicted molar refractivity (Wildman–Crippen MR) is 114 cm³/mol. The van der Waals surface area contributed by atoms with Gasteiger partial charge in [0, 0.05) is 29.9 Å². The first kappa shape index (κ1) is 23.9. The van der Waals surface area contributed by atoms with Crippen molar-refractivity contribution >= 4 is 34.7 Å². The van der Waals surface area contributed by atoms with Gasteiger partial charge in [-0.3, -0.25) is 14.4 Å². The van der Waals surface area contributed by atoms with Gasteiger partial charge in [-0.15, -0.1) is 0 Å². The summed E-state index contributed by atoms with van der Waals surface area (Å²) in [7, 11) is 1.24. The Morgan fingerprint density at radius 2 is 1.81 bits per heavy atom. The van der Waals surface area contributed by atoms with E-state index in [1.165, 1.54) is 7.11 Å². The third kappa shape index (κ3) is 7.76. The van der Waals surface area contributed by atoms with Gasteiger partial charge in [-0.05, 0) is 32.4 Å². The summed E-state index contributed by atoms with van der Waals surface area (Å²) in [5.41, 5.74) is 1.02. The van der Waals surface area contributed by atoms with Gasteiger partial charge in [-0.1, -0.05) is 18.2 Å². The Morgan fingerprint density at radius 3 is 2.48 bits per heavy atom. The summed E-state index contributed by atoms with van der Waals surface area (Å²) in [6.07, 6.45) is 1.15. The van der Waals surface area contributed by atoms with Gasteiger partial charge in [-0.2, -0.15) is 0 Å². The first-order chi connectivity index (χ1) is 14.6. The lowest BCUT2D eigenvalue weighted by Crippen LogP contribution is -2.50. The first-order valence-corrected chi connectivity index (χ1v) is 10.00. The molecule has 0 radical (unpaired) electrons. The van der Waals surface area contributed by atoms with Gasteiger partial charge >= 0.3 is 12.1 Å². The highest BCUT2D eigenvalue weighted by molar-refractivity contribution is 5.92. The summed E-state index contributed by atoms with van der Waals surface area (Å²) in [4.78, 5) is 51.3. The lowest BCUT2D eigenvalue weighted by molar-refractivity contribution is -0.141. The van der Waals surface area contributed by atoms with E-state index in [1.807, 2.05) is 24.3 Å². The monoisotopic (exact) mass is 431 g/mol. The Balaban J connectivity index is 2.07. The van der Waals surface area contributed by atoms with Crippen LogP contribution in [0.1, 0.15) is 39.2 Å². The lowest BCUT2D eigenvalue weighted by Gasteiger charge is -2.23. The highest BCUT2D eigenvalue weighted by Crippen LogP contribution is 2.19. The van der Waals surface area contributed by atoms with E-state index < -0.39 is 29.6 Å². The van der Waals surface area contributed by atoms with Crippen LogP contribution in [0, 0.1) is 0 Å². The number of nitrogens with one attached hydrogen (secondary N) is 3.